The number of hydrogen-bond donors (Lipinski definition) is 0. The van der Waals surface area contributed by atoms with Gasteiger partial charge in [0.1, 0.15) is 0 Å². The van der Waals surface area contributed by atoms with E-state index in [-0.39, 0.29) is 17.3 Å². The Labute approximate surface area is 109 Å². The molecule has 2 heteroatoms. The first-order valence-corrected chi connectivity index (χ1v) is 6.40. The lowest BCUT2D eigenvalue weighted by molar-refractivity contribution is -0.142. The van der Waals surface area contributed by atoms with Crippen LogP contribution in [0.4, 0.5) is 0 Å². The van der Waals surface area contributed by atoms with Crippen LogP contribution in [-0.2, 0) is 14.9 Å². The van der Waals surface area contributed by atoms with Gasteiger partial charge in [-0.25, -0.2) is 0 Å². The van der Waals surface area contributed by atoms with Gasteiger partial charge in [-0.05, 0) is 31.4 Å². The van der Waals surface area contributed by atoms with Crippen molar-refractivity contribution in [3.05, 3.63) is 47.0 Å². The topological polar surface area (TPSA) is 26.3 Å². The summed E-state index contributed by atoms with van der Waals surface area (Å²) in [5.74, 6) is -0.211. The van der Waals surface area contributed by atoms with Crippen molar-refractivity contribution in [2.75, 3.05) is 7.11 Å². The summed E-state index contributed by atoms with van der Waals surface area (Å²) >= 11 is 0. The molecule has 2 nitrogen and oxygen atoms in total. The Morgan fingerprint density at radius 2 is 1.89 bits per heavy atom. The zero-order chi connectivity index (χ0) is 13.3. The van der Waals surface area contributed by atoms with Crippen LogP contribution in [0.5, 0.6) is 0 Å². The van der Waals surface area contributed by atoms with E-state index in [9.17, 15) is 4.79 Å². The van der Waals surface area contributed by atoms with Crippen LogP contribution < -0.4 is 0 Å². The van der Waals surface area contributed by atoms with Crippen LogP contribution >= 0.6 is 0 Å². The van der Waals surface area contributed by atoms with Crippen LogP contribution in [0.3, 0.4) is 0 Å². The van der Waals surface area contributed by atoms with Gasteiger partial charge in [0.2, 0.25) is 0 Å². The molecule has 1 aromatic rings. The number of hydrogen-bond acceptors (Lipinski definition) is 2. The summed E-state index contributed by atoms with van der Waals surface area (Å²) < 4.78 is 4.96. The SMILES string of the molecule is CCC1(c2ccccc2)C(=C(C)C)C1C(=O)OC. The summed E-state index contributed by atoms with van der Waals surface area (Å²) in [4.78, 5) is 12.0. The summed E-state index contributed by atoms with van der Waals surface area (Å²) in [6.45, 7) is 6.29. The summed E-state index contributed by atoms with van der Waals surface area (Å²) in [5.41, 5.74) is 3.56. The van der Waals surface area contributed by atoms with Crippen LogP contribution in [0.1, 0.15) is 32.8 Å². The van der Waals surface area contributed by atoms with Crippen LogP contribution in [0.2, 0.25) is 0 Å². The summed E-state index contributed by atoms with van der Waals surface area (Å²) in [7, 11) is 1.47. The van der Waals surface area contributed by atoms with E-state index in [1.807, 2.05) is 18.2 Å². The second-order valence-electron chi connectivity index (χ2n) is 5.06. The van der Waals surface area contributed by atoms with Gasteiger partial charge < -0.3 is 4.74 Å². The number of methoxy groups -OCH3 is 1. The Balaban J connectivity index is 2.52. The van der Waals surface area contributed by atoms with E-state index in [4.69, 9.17) is 4.74 Å². The summed E-state index contributed by atoms with van der Waals surface area (Å²) in [6.07, 6.45) is 0.928. The molecule has 1 aliphatic carbocycles. The third kappa shape index (κ3) is 1.67. The highest BCUT2D eigenvalue weighted by molar-refractivity contribution is 5.87. The fourth-order valence-electron chi connectivity index (χ4n) is 3.20. The maximum absolute atomic E-state index is 12.0. The lowest BCUT2D eigenvalue weighted by atomic mass is 9.89. The van der Waals surface area contributed by atoms with E-state index >= 15 is 0 Å². The lowest BCUT2D eigenvalue weighted by Crippen LogP contribution is -2.15. The maximum Gasteiger partial charge on any atom is 0.314 e. The number of carbonyl (C=O) groups excluding carboxylic acids is 1. The molecular weight excluding hydrogens is 224 g/mol. The van der Waals surface area contributed by atoms with E-state index in [1.54, 1.807) is 0 Å². The average Bonchev–Trinajstić information content (AvgIpc) is 3.09. The lowest BCUT2D eigenvalue weighted by Gasteiger charge is -2.14. The minimum absolute atomic E-state index is 0.0973. The molecule has 0 spiro atoms. The molecule has 2 unspecified atom stereocenters. The average molecular weight is 244 g/mol. The Morgan fingerprint density at radius 3 is 2.33 bits per heavy atom. The number of carbonyl (C=O) groups is 1. The zero-order valence-electron chi connectivity index (χ0n) is 11.5. The first-order valence-electron chi connectivity index (χ1n) is 6.40. The molecule has 1 aromatic carbocycles. The van der Waals surface area contributed by atoms with Gasteiger partial charge >= 0.3 is 5.97 Å². The molecule has 0 bridgehead atoms. The molecule has 2 atom stereocenters. The minimum Gasteiger partial charge on any atom is -0.469 e. The van der Waals surface area contributed by atoms with Crippen molar-refractivity contribution in [3.8, 4) is 0 Å². The third-order valence-electron chi connectivity index (χ3n) is 4.00. The highest BCUT2D eigenvalue weighted by atomic mass is 16.5. The number of allylic oxidation sites excluding steroid dienone is 1. The molecule has 1 saturated carbocycles. The van der Waals surface area contributed by atoms with Gasteiger partial charge in [0.25, 0.3) is 0 Å². The standard InChI is InChI=1S/C16H20O2/c1-5-16(12-9-7-6-8-10-12)13(11(2)3)14(16)15(17)18-4/h6-10,14H,5H2,1-4H3. The monoisotopic (exact) mass is 244 g/mol. The number of ether oxygens (including phenoxy) is 1. The molecule has 1 fully saturated rings. The van der Waals surface area contributed by atoms with Gasteiger partial charge in [0.05, 0.1) is 13.0 Å². The molecule has 0 radical (unpaired) electrons. The fraction of sp³-hybridized carbons (Fsp3) is 0.438. The van der Waals surface area contributed by atoms with E-state index in [0.717, 1.165) is 6.42 Å². The molecular formula is C16H20O2. The second kappa shape index (κ2) is 4.60. The highest BCUT2D eigenvalue weighted by Gasteiger charge is 2.64. The summed E-state index contributed by atoms with van der Waals surface area (Å²) in [5, 5.41) is 0. The molecule has 96 valence electrons. The molecule has 0 N–H and O–H groups in total. The Hall–Kier alpha value is -1.57. The van der Waals surface area contributed by atoms with Crippen molar-refractivity contribution in [1.29, 1.82) is 0 Å². The van der Waals surface area contributed by atoms with Gasteiger partial charge in [0.15, 0.2) is 0 Å². The molecule has 0 heterocycles. The Morgan fingerprint density at radius 1 is 1.28 bits per heavy atom. The second-order valence-corrected chi connectivity index (χ2v) is 5.06. The van der Waals surface area contributed by atoms with Gasteiger partial charge in [0, 0.05) is 5.41 Å². The van der Waals surface area contributed by atoms with Crippen molar-refractivity contribution in [1.82, 2.24) is 0 Å². The number of rotatable bonds is 3. The smallest absolute Gasteiger partial charge is 0.314 e. The molecule has 0 saturated heterocycles. The normalized spacial score (nSPS) is 25.8. The predicted molar refractivity (Wildman–Crippen MR) is 72.3 cm³/mol. The van der Waals surface area contributed by atoms with Crippen molar-refractivity contribution in [3.63, 3.8) is 0 Å². The van der Waals surface area contributed by atoms with Crippen molar-refractivity contribution >= 4 is 5.97 Å². The Bertz CT molecular complexity index is 483. The molecule has 18 heavy (non-hydrogen) atoms. The van der Waals surface area contributed by atoms with Gasteiger partial charge in [-0.1, -0.05) is 42.8 Å². The fourth-order valence-corrected chi connectivity index (χ4v) is 3.20. The van der Waals surface area contributed by atoms with Gasteiger partial charge in [-0.15, -0.1) is 0 Å². The molecule has 0 amide bonds. The van der Waals surface area contributed by atoms with E-state index in [1.165, 1.54) is 23.8 Å². The highest BCUT2D eigenvalue weighted by Crippen LogP contribution is 2.63. The summed E-state index contributed by atoms with van der Waals surface area (Å²) in [6, 6.07) is 10.3. The predicted octanol–water partition coefficient (Wildman–Crippen LogP) is 3.47. The first kappa shape index (κ1) is 12.9. The van der Waals surface area contributed by atoms with Crippen molar-refractivity contribution in [2.45, 2.75) is 32.6 Å². The first-order chi connectivity index (χ1) is 8.59. The molecule has 2 rings (SSSR count). The number of benzene rings is 1. The maximum atomic E-state index is 12.0. The van der Waals surface area contributed by atoms with Crippen LogP contribution in [0.15, 0.2) is 41.5 Å². The van der Waals surface area contributed by atoms with Crippen molar-refractivity contribution < 1.29 is 9.53 Å². The van der Waals surface area contributed by atoms with Gasteiger partial charge in [-0.2, -0.15) is 0 Å². The molecule has 1 aliphatic rings. The van der Waals surface area contributed by atoms with E-state index in [2.05, 4.69) is 32.9 Å². The number of esters is 1. The van der Waals surface area contributed by atoms with Crippen LogP contribution in [0.25, 0.3) is 0 Å². The van der Waals surface area contributed by atoms with E-state index < -0.39 is 0 Å². The van der Waals surface area contributed by atoms with Crippen molar-refractivity contribution in [2.24, 2.45) is 5.92 Å². The van der Waals surface area contributed by atoms with Crippen LogP contribution in [0, 0.1) is 5.92 Å². The minimum atomic E-state index is -0.132. The van der Waals surface area contributed by atoms with E-state index in [0.29, 0.717) is 0 Å². The zero-order valence-corrected chi connectivity index (χ0v) is 11.5. The van der Waals surface area contributed by atoms with Crippen LogP contribution in [-0.4, -0.2) is 13.1 Å². The largest absolute Gasteiger partial charge is 0.469 e. The third-order valence-corrected chi connectivity index (χ3v) is 4.00. The Kier molecular flexibility index (Phi) is 3.29. The van der Waals surface area contributed by atoms with Gasteiger partial charge in [-0.3, -0.25) is 4.79 Å². The quantitative estimate of drug-likeness (QED) is 0.601. The molecule has 0 aromatic heterocycles. The molecule has 0 aliphatic heterocycles.